The first-order valence-electron chi connectivity index (χ1n) is 5.10. The monoisotopic (exact) mass is 217 g/mol. The Hall–Kier alpha value is -1.97. The third kappa shape index (κ3) is 1.62. The summed E-state index contributed by atoms with van der Waals surface area (Å²) in [5.41, 5.74) is 6.27. The molecule has 1 aromatic carbocycles. The van der Waals surface area contributed by atoms with Crippen LogP contribution in [0.4, 0.5) is 0 Å². The number of nitrogens with one attached hydrogen (secondary N) is 2. The number of benzene rings is 1. The van der Waals surface area contributed by atoms with Crippen molar-refractivity contribution in [2.45, 2.75) is 13.5 Å². The maximum absolute atomic E-state index is 5.38. The lowest BCUT2D eigenvalue weighted by Crippen LogP contribution is -2.06. The van der Waals surface area contributed by atoms with Gasteiger partial charge >= 0.3 is 0 Å². The van der Waals surface area contributed by atoms with Crippen LogP contribution in [0.25, 0.3) is 10.9 Å². The molecule has 0 aliphatic heterocycles. The van der Waals surface area contributed by atoms with Crippen LogP contribution in [0.2, 0.25) is 0 Å². The number of aromatic nitrogens is 1. The number of aryl methyl sites for hydroxylation is 1. The summed E-state index contributed by atoms with van der Waals surface area (Å²) < 4.78 is 5.38. The molecule has 4 nitrogen and oxygen atoms in total. The number of aromatic amines is 1. The highest BCUT2D eigenvalue weighted by Crippen LogP contribution is 2.30. The van der Waals surface area contributed by atoms with Crippen LogP contribution in [-0.4, -0.2) is 18.8 Å². The van der Waals surface area contributed by atoms with E-state index in [1.54, 1.807) is 7.11 Å². The molecular weight excluding hydrogens is 202 g/mol. The molecule has 4 heteroatoms. The number of methoxy groups -OCH3 is 1. The first-order valence-corrected chi connectivity index (χ1v) is 5.10. The van der Waals surface area contributed by atoms with Gasteiger partial charge in [0.15, 0.2) is 0 Å². The maximum atomic E-state index is 5.38. The minimum absolute atomic E-state index is 0.612. The fraction of sp³-hybridized carbons (Fsp3) is 0.250. The van der Waals surface area contributed by atoms with Gasteiger partial charge < -0.3 is 15.1 Å². The third-order valence-electron chi connectivity index (χ3n) is 2.70. The van der Waals surface area contributed by atoms with Crippen molar-refractivity contribution in [1.82, 2.24) is 10.4 Å². The molecule has 2 N–H and O–H groups in total. The van der Waals surface area contributed by atoms with E-state index >= 15 is 0 Å². The molecule has 0 atom stereocenters. The van der Waals surface area contributed by atoms with E-state index in [0.29, 0.717) is 6.54 Å². The van der Waals surface area contributed by atoms with Gasteiger partial charge in [0.05, 0.1) is 13.7 Å². The lowest BCUT2D eigenvalue weighted by molar-refractivity contribution is 0.408. The van der Waals surface area contributed by atoms with Crippen molar-refractivity contribution in [1.29, 1.82) is 0 Å². The summed E-state index contributed by atoms with van der Waals surface area (Å²) in [6.45, 7) is 6.08. The molecule has 0 spiro atoms. The number of hydrogen-bond acceptors (Lipinski definition) is 3. The van der Waals surface area contributed by atoms with Crippen molar-refractivity contribution in [2.75, 3.05) is 7.11 Å². The summed E-state index contributed by atoms with van der Waals surface area (Å²) >= 11 is 0. The average molecular weight is 217 g/mol. The van der Waals surface area contributed by atoms with Gasteiger partial charge in [-0.1, -0.05) is 0 Å². The van der Waals surface area contributed by atoms with Gasteiger partial charge in [0.1, 0.15) is 5.75 Å². The van der Waals surface area contributed by atoms with E-state index < -0.39 is 0 Å². The Bertz CT molecular complexity index is 516. The summed E-state index contributed by atoms with van der Waals surface area (Å²) in [5, 5.41) is 4.81. The molecule has 1 heterocycles. The number of H-pyrrole nitrogens is 1. The molecule has 84 valence electrons. The molecule has 0 radical (unpaired) electrons. The number of hydrogen-bond donors (Lipinski definition) is 2. The van der Waals surface area contributed by atoms with Crippen LogP contribution in [0, 0.1) is 6.92 Å². The van der Waals surface area contributed by atoms with Gasteiger partial charge in [0.2, 0.25) is 0 Å². The SMILES string of the molecule is C=NNCc1c(OC)cc(C)c2[nH]ccc12. The van der Waals surface area contributed by atoms with Gasteiger partial charge in [0.25, 0.3) is 0 Å². The van der Waals surface area contributed by atoms with Gasteiger partial charge in [-0.15, -0.1) is 0 Å². The largest absolute Gasteiger partial charge is 0.496 e. The first kappa shape index (κ1) is 10.5. The summed E-state index contributed by atoms with van der Waals surface area (Å²) in [6, 6.07) is 4.07. The summed E-state index contributed by atoms with van der Waals surface area (Å²) in [7, 11) is 1.68. The van der Waals surface area contributed by atoms with Gasteiger partial charge in [-0.05, 0) is 24.6 Å². The van der Waals surface area contributed by atoms with Crippen LogP contribution in [0.15, 0.2) is 23.4 Å². The predicted molar refractivity (Wildman–Crippen MR) is 66.0 cm³/mol. The van der Waals surface area contributed by atoms with E-state index in [0.717, 1.165) is 22.2 Å². The summed E-state index contributed by atoms with van der Waals surface area (Å²) in [6.07, 6.45) is 1.93. The summed E-state index contributed by atoms with van der Waals surface area (Å²) in [5.74, 6) is 0.876. The Morgan fingerprint density at radius 3 is 3.06 bits per heavy atom. The third-order valence-corrected chi connectivity index (χ3v) is 2.70. The second kappa shape index (κ2) is 4.26. The minimum atomic E-state index is 0.612. The molecule has 0 aliphatic carbocycles. The van der Waals surface area contributed by atoms with Crippen LogP contribution >= 0.6 is 0 Å². The summed E-state index contributed by atoms with van der Waals surface area (Å²) in [4.78, 5) is 3.23. The lowest BCUT2D eigenvalue weighted by atomic mass is 10.1. The van der Waals surface area contributed by atoms with Crippen molar-refractivity contribution in [2.24, 2.45) is 5.10 Å². The molecule has 0 aliphatic rings. The molecule has 16 heavy (non-hydrogen) atoms. The van der Waals surface area contributed by atoms with Gasteiger partial charge in [0, 0.05) is 29.4 Å². The molecule has 2 rings (SSSR count). The van der Waals surface area contributed by atoms with Crippen molar-refractivity contribution in [3.05, 3.63) is 29.5 Å². The zero-order valence-corrected chi connectivity index (χ0v) is 9.50. The van der Waals surface area contributed by atoms with E-state index in [-0.39, 0.29) is 0 Å². The second-order valence-corrected chi connectivity index (χ2v) is 3.63. The van der Waals surface area contributed by atoms with E-state index in [2.05, 4.69) is 29.2 Å². The van der Waals surface area contributed by atoms with E-state index in [1.165, 1.54) is 5.56 Å². The highest BCUT2D eigenvalue weighted by atomic mass is 16.5. The Kier molecular flexibility index (Phi) is 2.81. The smallest absolute Gasteiger partial charge is 0.124 e. The molecule has 0 amide bonds. The van der Waals surface area contributed by atoms with Crippen molar-refractivity contribution < 1.29 is 4.74 Å². The lowest BCUT2D eigenvalue weighted by Gasteiger charge is -2.11. The van der Waals surface area contributed by atoms with E-state index in [1.807, 2.05) is 18.3 Å². The Morgan fingerprint density at radius 1 is 1.56 bits per heavy atom. The minimum Gasteiger partial charge on any atom is -0.496 e. The van der Waals surface area contributed by atoms with Crippen LogP contribution in [0.5, 0.6) is 5.75 Å². The molecule has 0 bridgehead atoms. The van der Waals surface area contributed by atoms with Gasteiger partial charge in [-0.2, -0.15) is 5.10 Å². The number of nitrogens with zero attached hydrogens (tertiary/aromatic N) is 1. The van der Waals surface area contributed by atoms with Crippen LogP contribution in [0.1, 0.15) is 11.1 Å². The number of fused-ring (bicyclic) bond motifs is 1. The Balaban J connectivity index is 2.61. The number of ether oxygens (including phenoxy) is 1. The maximum Gasteiger partial charge on any atom is 0.124 e. The topological polar surface area (TPSA) is 49.4 Å². The van der Waals surface area contributed by atoms with Crippen LogP contribution < -0.4 is 10.2 Å². The average Bonchev–Trinajstić information content (AvgIpc) is 2.77. The molecular formula is C12H15N3O. The van der Waals surface area contributed by atoms with Crippen molar-refractivity contribution in [3.8, 4) is 5.75 Å². The normalized spacial score (nSPS) is 10.4. The van der Waals surface area contributed by atoms with E-state index in [4.69, 9.17) is 4.74 Å². The standard InChI is InChI=1S/C12H15N3O/c1-8-6-11(16-3)10(7-15-13-2)9-4-5-14-12(8)9/h4-6,14-15H,2,7H2,1,3H3. The molecule has 2 aromatic rings. The highest BCUT2D eigenvalue weighted by molar-refractivity contribution is 5.88. The van der Waals surface area contributed by atoms with Gasteiger partial charge in [-0.3, -0.25) is 0 Å². The second-order valence-electron chi connectivity index (χ2n) is 3.63. The molecule has 0 saturated heterocycles. The molecule has 1 aromatic heterocycles. The zero-order chi connectivity index (χ0) is 11.5. The quantitative estimate of drug-likeness (QED) is 0.609. The number of rotatable bonds is 4. The first-order chi connectivity index (χ1) is 7.77. The van der Waals surface area contributed by atoms with Crippen LogP contribution in [-0.2, 0) is 6.54 Å². The Morgan fingerprint density at radius 2 is 2.38 bits per heavy atom. The zero-order valence-electron chi connectivity index (χ0n) is 9.50. The number of hydrazone groups is 1. The highest BCUT2D eigenvalue weighted by Gasteiger charge is 2.11. The van der Waals surface area contributed by atoms with E-state index in [9.17, 15) is 0 Å². The van der Waals surface area contributed by atoms with Crippen molar-refractivity contribution >= 4 is 17.6 Å². The molecule has 0 saturated carbocycles. The molecule has 0 unspecified atom stereocenters. The van der Waals surface area contributed by atoms with Crippen LogP contribution in [0.3, 0.4) is 0 Å². The fourth-order valence-corrected chi connectivity index (χ4v) is 1.94. The predicted octanol–water partition coefficient (Wildman–Crippen LogP) is 2.19. The van der Waals surface area contributed by atoms with Gasteiger partial charge in [-0.25, -0.2) is 0 Å². The molecule has 0 fully saturated rings. The Labute approximate surface area is 94.3 Å². The fourth-order valence-electron chi connectivity index (χ4n) is 1.94. The van der Waals surface area contributed by atoms with Crippen molar-refractivity contribution in [3.63, 3.8) is 0 Å².